The van der Waals surface area contributed by atoms with Gasteiger partial charge in [-0.15, -0.1) is 10.2 Å². The van der Waals surface area contributed by atoms with Crippen molar-refractivity contribution in [3.05, 3.63) is 29.8 Å². The monoisotopic (exact) mass is 427 g/mol. The van der Waals surface area contributed by atoms with Gasteiger partial charge in [-0.2, -0.15) is 0 Å². The largest absolute Gasteiger partial charge is 0.339 e. The van der Waals surface area contributed by atoms with Crippen molar-refractivity contribution in [2.45, 2.75) is 75.9 Å². The molecule has 6 nitrogen and oxygen atoms in total. The molecule has 2 atom stereocenters. The number of thioether (sulfide) groups is 1. The summed E-state index contributed by atoms with van der Waals surface area (Å²) < 4.78 is 1.50. The Balaban J connectivity index is 1.41. The van der Waals surface area contributed by atoms with Crippen molar-refractivity contribution in [3.8, 4) is 11.4 Å². The van der Waals surface area contributed by atoms with Crippen molar-refractivity contribution in [2.24, 2.45) is 5.92 Å². The van der Waals surface area contributed by atoms with E-state index >= 15 is 0 Å². The molecule has 0 bridgehead atoms. The maximum Gasteiger partial charge on any atom is 0.233 e. The summed E-state index contributed by atoms with van der Waals surface area (Å²) in [6, 6.07) is 8.72. The van der Waals surface area contributed by atoms with Crippen LogP contribution in [0.5, 0.6) is 0 Å². The lowest BCUT2D eigenvalue weighted by Gasteiger charge is -2.44. The number of nitrogen functional groups attached to an aromatic ring is 1. The van der Waals surface area contributed by atoms with Gasteiger partial charge in [0.25, 0.3) is 0 Å². The predicted molar refractivity (Wildman–Crippen MR) is 122 cm³/mol. The van der Waals surface area contributed by atoms with Crippen LogP contribution in [0.3, 0.4) is 0 Å². The molecule has 162 valence electrons. The zero-order valence-corrected chi connectivity index (χ0v) is 19.1. The van der Waals surface area contributed by atoms with Crippen molar-refractivity contribution in [1.82, 2.24) is 19.8 Å². The topological polar surface area (TPSA) is 77.0 Å². The van der Waals surface area contributed by atoms with E-state index < -0.39 is 0 Å². The first-order chi connectivity index (χ1) is 14.3. The Labute approximate surface area is 183 Å². The Morgan fingerprint density at radius 3 is 2.53 bits per heavy atom. The average Bonchev–Trinajstić information content (AvgIpc) is 3.11. The molecule has 4 rings (SSSR count). The van der Waals surface area contributed by atoms with E-state index in [0.29, 0.717) is 28.7 Å². The van der Waals surface area contributed by atoms with E-state index in [-0.39, 0.29) is 11.3 Å². The molecule has 0 spiro atoms. The molecule has 2 aliphatic rings. The van der Waals surface area contributed by atoms with Crippen LogP contribution in [0, 0.1) is 5.92 Å². The van der Waals surface area contributed by atoms with Crippen LogP contribution in [-0.4, -0.2) is 44.0 Å². The zero-order chi connectivity index (χ0) is 21.3. The van der Waals surface area contributed by atoms with E-state index in [1.807, 2.05) is 12.1 Å². The molecule has 30 heavy (non-hydrogen) atoms. The van der Waals surface area contributed by atoms with E-state index in [1.165, 1.54) is 47.7 Å². The maximum atomic E-state index is 13.0. The first-order valence-electron chi connectivity index (χ1n) is 11.1. The summed E-state index contributed by atoms with van der Waals surface area (Å²) in [4.78, 5) is 15.1. The molecular weight excluding hydrogens is 394 g/mol. The lowest BCUT2D eigenvalue weighted by molar-refractivity contribution is -0.134. The van der Waals surface area contributed by atoms with Crippen molar-refractivity contribution in [2.75, 3.05) is 18.1 Å². The fourth-order valence-electron chi connectivity index (χ4n) is 4.84. The second-order valence-corrected chi connectivity index (χ2v) is 10.6. The standard InChI is InChI=1S/C23H33N5OS/c1-23(2,3)18-12-10-17(11-13-18)21-25-26-22(28(21)24)30-15-20(29)27-14-6-8-16-7-4-5-9-19(16)27/h10-13,16,19H,4-9,14-15,24H2,1-3H3/t16-,19-/m0/s1. The average molecular weight is 428 g/mol. The van der Waals surface area contributed by atoms with E-state index in [9.17, 15) is 4.79 Å². The Bertz CT molecular complexity index is 884. The SMILES string of the molecule is CC(C)(C)c1ccc(-c2nnc(SCC(=O)N3CCC[C@@H]4CCCC[C@@H]43)n2N)cc1. The fourth-order valence-corrected chi connectivity index (χ4v) is 5.58. The number of nitrogens with zero attached hydrogens (tertiary/aromatic N) is 4. The highest BCUT2D eigenvalue weighted by molar-refractivity contribution is 7.99. The number of nitrogens with two attached hydrogens (primary N) is 1. The number of rotatable bonds is 4. The summed E-state index contributed by atoms with van der Waals surface area (Å²) in [6.45, 7) is 7.46. The molecule has 1 aliphatic heterocycles. The van der Waals surface area contributed by atoms with Gasteiger partial charge < -0.3 is 10.7 Å². The van der Waals surface area contributed by atoms with Gasteiger partial charge in [0.15, 0.2) is 5.82 Å². The number of aromatic nitrogens is 3. The summed E-state index contributed by atoms with van der Waals surface area (Å²) in [5, 5.41) is 9.10. The van der Waals surface area contributed by atoms with Gasteiger partial charge in [0, 0.05) is 18.2 Å². The van der Waals surface area contributed by atoms with Gasteiger partial charge in [-0.3, -0.25) is 4.79 Å². The lowest BCUT2D eigenvalue weighted by Crippen LogP contribution is -2.50. The summed E-state index contributed by atoms with van der Waals surface area (Å²) in [5.41, 5.74) is 2.29. The third kappa shape index (κ3) is 4.36. The number of piperidine rings is 1. The third-order valence-corrected chi connectivity index (χ3v) is 7.49. The van der Waals surface area contributed by atoms with E-state index in [2.05, 4.69) is 48.0 Å². The molecule has 1 aromatic heterocycles. The van der Waals surface area contributed by atoms with Gasteiger partial charge in [-0.25, -0.2) is 4.68 Å². The molecule has 2 N–H and O–H groups in total. The van der Waals surface area contributed by atoms with Crippen LogP contribution < -0.4 is 5.84 Å². The summed E-state index contributed by atoms with van der Waals surface area (Å²) in [7, 11) is 0. The van der Waals surface area contributed by atoms with Crippen LogP contribution in [0.15, 0.2) is 29.4 Å². The van der Waals surface area contributed by atoms with Gasteiger partial charge in [0.1, 0.15) is 0 Å². The number of fused-ring (bicyclic) bond motifs is 1. The van der Waals surface area contributed by atoms with Gasteiger partial charge in [-0.1, -0.05) is 69.6 Å². The molecule has 2 fully saturated rings. The van der Waals surface area contributed by atoms with Crippen LogP contribution in [0.25, 0.3) is 11.4 Å². The molecule has 0 radical (unpaired) electrons. The molecule has 7 heteroatoms. The molecule has 1 aromatic carbocycles. The number of carbonyl (C=O) groups excluding carboxylic acids is 1. The van der Waals surface area contributed by atoms with E-state index in [0.717, 1.165) is 24.9 Å². The minimum atomic E-state index is 0.0993. The molecule has 1 saturated carbocycles. The van der Waals surface area contributed by atoms with Gasteiger partial charge >= 0.3 is 0 Å². The summed E-state index contributed by atoms with van der Waals surface area (Å²) in [5.74, 6) is 8.16. The normalized spacial score (nSPS) is 22.0. The smallest absolute Gasteiger partial charge is 0.233 e. The molecule has 2 heterocycles. The van der Waals surface area contributed by atoms with Crippen LogP contribution >= 0.6 is 11.8 Å². The van der Waals surface area contributed by atoms with Crippen molar-refractivity contribution < 1.29 is 4.79 Å². The van der Waals surface area contributed by atoms with Crippen molar-refractivity contribution in [3.63, 3.8) is 0 Å². The fraction of sp³-hybridized carbons (Fsp3) is 0.609. The van der Waals surface area contributed by atoms with E-state index in [4.69, 9.17) is 5.84 Å². The highest BCUT2D eigenvalue weighted by Gasteiger charge is 2.35. The van der Waals surface area contributed by atoms with Crippen molar-refractivity contribution in [1.29, 1.82) is 0 Å². The maximum absolute atomic E-state index is 13.0. The molecule has 1 aliphatic carbocycles. The highest BCUT2D eigenvalue weighted by Crippen LogP contribution is 2.36. The minimum absolute atomic E-state index is 0.0993. The van der Waals surface area contributed by atoms with Gasteiger partial charge in [0.2, 0.25) is 11.1 Å². The number of likely N-dealkylation sites (tertiary alicyclic amines) is 1. The minimum Gasteiger partial charge on any atom is -0.339 e. The summed E-state index contributed by atoms with van der Waals surface area (Å²) >= 11 is 1.38. The number of carbonyl (C=O) groups is 1. The van der Waals surface area contributed by atoms with Crippen molar-refractivity contribution >= 4 is 17.7 Å². The molecule has 1 amide bonds. The predicted octanol–water partition coefficient (Wildman–Crippen LogP) is 4.23. The first kappa shape index (κ1) is 21.2. The number of amides is 1. The third-order valence-electron chi connectivity index (χ3n) is 6.56. The highest BCUT2D eigenvalue weighted by atomic mass is 32.2. The Hall–Kier alpha value is -2.02. The van der Waals surface area contributed by atoms with Gasteiger partial charge in [0.05, 0.1) is 5.75 Å². The number of hydrogen-bond acceptors (Lipinski definition) is 5. The van der Waals surface area contributed by atoms with Crippen LogP contribution in [0.2, 0.25) is 0 Å². The Morgan fingerprint density at radius 2 is 1.80 bits per heavy atom. The van der Waals surface area contributed by atoms with Gasteiger partial charge in [-0.05, 0) is 42.6 Å². The molecule has 1 saturated heterocycles. The Kier molecular flexibility index (Phi) is 6.09. The summed E-state index contributed by atoms with van der Waals surface area (Å²) in [6.07, 6.45) is 7.38. The molecular formula is C23H33N5OS. The second kappa shape index (κ2) is 8.61. The molecule has 2 aromatic rings. The second-order valence-electron chi connectivity index (χ2n) is 9.63. The number of benzene rings is 1. The first-order valence-corrected chi connectivity index (χ1v) is 12.1. The Morgan fingerprint density at radius 1 is 1.10 bits per heavy atom. The van der Waals surface area contributed by atoms with Crippen LogP contribution in [0.1, 0.15) is 64.9 Å². The van der Waals surface area contributed by atoms with Crippen LogP contribution in [0.4, 0.5) is 0 Å². The zero-order valence-electron chi connectivity index (χ0n) is 18.3. The quantitative estimate of drug-likeness (QED) is 0.584. The van der Waals surface area contributed by atoms with E-state index in [1.54, 1.807) is 0 Å². The lowest BCUT2D eigenvalue weighted by atomic mass is 9.78. The van der Waals surface area contributed by atoms with Crippen LogP contribution in [-0.2, 0) is 10.2 Å². The number of hydrogen-bond donors (Lipinski definition) is 1. The molecule has 0 unspecified atom stereocenters.